The van der Waals surface area contributed by atoms with Crippen molar-refractivity contribution in [2.45, 2.75) is 32.4 Å². The number of amides is 1. The van der Waals surface area contributed by atoms with Crippen molar-refractivity contribution in [3.8, 4) is 0 Å². The van der Waals surface area contributed by atoms with Gasteiger partial charge in [-0.05, 0) is 32.9 Å². The summed E-state index contributed by atoms with van der Waals surface area (Å²) in [5.41, 5.74) is -0.944. The quantitative estimate of drug-likeness (QED) is 0.850. The van der Waals surface area contributed by atoms with Gasteiger partial charge >= 0.3 is 0 Å². The lowest BCUT2D eigenvalue weighted by atomic mass is 10.0. The van der Waals surface area contributed by atoms with Gasteiger partial charge in [-0.2, -0.15) is 0 Å². The smallest absolute Gasteiger partial charge is 0.257 e. The van der Waals surface area contributed by atoms with Gasteiger partial charge in [0, 0.05) is 6.54 Å². The van der Waals surface area contributed by atoms with Crippen LogP contribution >= 0.6 is 0 Å². The second kappa shape index (κ2) is 6.12. The fraction of sp³-hybridized carbons (Fsp3) is 0.500. The van der Waals surface area contributed by atoms with Gasteiger partial charge in [0.15, 0.2) is 0 Å². The fourth-order valence-corrected chi connectivity index (χ4v) is 1.73. The number of halogens is 1. The summed E-state index contributed by atoms with van der Waals surface area (Å²) in [5.74, 6) is -1.16. The predicted molar refractivity (Wildman–Crippen MR) is 70.3 cm³/mol. The van der Waals surface area contributed by atoms with Crippen molar-refractivity contribution in [3.05, 3.63) is 35.6 Å². The molecule has 0 aromatic heterocycles. The molecule has 0 fully saturated rings. The van der Waals surface area contributed by atoms with E-state index < -0.39 is 23.4 Å². The van der Waals surface area contributed by atoms with E-state index in [0.717, 1.165) is 0 Å². The van der Waals surface area contributed by atoms with Gasteiger partial charge in [0.2, 0.25) is 0 Å². The summed E-state index contributed by atoms with van der Waals surface area (Å²) in [4.78, 5) is 13.7. The monoisotopic (exact) mass is 269 g/mol. The van der Waals surface area contributed by atoms with E-state index in [1.807, 2.05) is 0 Å². The van der Waals surface area contributed by atoms with Crippen LogP contribution in [0, 0.1) is 5.82 Å². The predicted octanol–water partition coefficient (Wildman–Crippen LogP) is 1.42. The van der Waals surface area contributed by atoms with E-state index in [0.29, 0.717) is 0 Å². The Hall–Kier alpha value is -1.46. The van der Waals surface area contributed by atoms with Crippen molar-refractivity contribution >= 4 is 5.91 Å². The van der Waals surface area contributed by atoms with Crippen LogP contribution in [0.15, 0.2) is 24.3 Å². The Kier molecular flexibility index (Phi) is 5.03. The number of hydrogen-bond donors (Lipinski definition) is 2. The molecule has 0 spiro atoms. The van der Waals surface area contributed by atoms with Crippen molar-refractivity contribution < 1.29 is 19.4 Å². The van der Waals surface area contributed by atoms with E-state index >= 15 is 0 Å². The number of rotatable bonds is 5. The first-order valence-corrected chi connectivity index (χ1v) is 6.15. The highest BCUT2D eigenvalue weighted by Crippen LogP contribution is 2.19. The molecule has 5 heteroatoms. The molecule has 19 heavy (non-hydrogen) atoms. The zero-order valence-corrected chi connectivity index (χ0v) is 11.4. The van der Waals surface area contributed by atoms with Gasteiger partial charge in [-0.25, -0.2) is 4.39 Å². The summed E-state index contributed by atoms with van der Waals surface area (Å²) in [6.45, 7) is 4.61. The molecule has 2 N–H and O–H groups in total. The molecule has 0 saturated heterocycles. The highest BCUT2D eigenvalue weighted by molar-refractivity contribution is 5.95. The number of β-amino-alcohol motifs (C(OH)–C–C–N with tert-alkyl or cyclic N) is 1. The fourth-order valence-electron chi connectivity index (χ4n) is 1.73. The average Bonchev–Trinajstić information content (AvgIpc) is 2.35. The number of aliphatic hydroxyl groups is 2. The van der Waals surface area contributed by atoms with Crippen molar-refractivity contribution in [1.29, 1.82) is 0 Å². The first-order valence-electron chi connectivity index (χ1n) is 6.15. The molecule has 1 unspecified atom stereocenters. The maximum Gasteiger partial charge on any atom is 0.257 e. The molecular weight excluding hydrogens is 249 g/mol. The molecule has 1 aromatic rings. The van der Waals surface area contributed by atoms with Crippen LogP contribution in [0.1, 0.15) is 31.1 Å². The van der Waals surface area contributed by atoms with E-state index in [1.165, 1.54) is 30.0 Å². The lowest BCUT2D eigenvalue weighted by Gasteiger charge is -2.38. The van der Waals surface area contributed by atoms with Crippen molar-refractivity contribution in [2.75, 3.05) is 13.2 Å². The lowest BCUT2D eigenvalue weighted by Crippen LogP contribution is -2.52. The molecule has 1 aromatic carbocycles. The molecule has 1 amide bonds. The van der Waals surface area contributed by atoms with E-state index in [2.05, 4.69) is 0 Å². The normalized spacial score (nSPS) is 13.2. The highest BCUT2D eigenvalue weighted by atomic mass is 19.1. The van der Waals surface area contributed by atoms with E-state index in [4.69, 9.17) is 0 Å². The molecule has 0 aliphatic rings. The maximum absolute atomic E-state index is 13.7. The van der Waals surface area contributed by atoms with Crippen LogP contribution in [0.4, 0.5) is 4.39 Å². The molecule has 1 atom stereocenters. The molecule has 106 valence electrons. The van der Waals surface area contributed by atoms with E-state index in [9.17, 15) is 19.4 Å². The van der Waals surface area contributed by atoms with Crippen LogP contribution in [0.5, 0.6) is 0 Å². The van der Waals surface area contributed by atoms with Gasteiger partial charge in [0.25, 0.3) is 5.91 Å². The zero-order valence-electron chi connectivity index (χ0n) is 11.4. The van der Waals surface area contributed by atoms with Gasteiger partial charge in [0.1, 0.15) is 5.82 Å². The second-order valence-corrected chi connectivity index (χ2v) is 5.22. The third-order valence-electron chi connectivity index (χ3n) is 2.91. The van der Waals surface area contributed by atoms with E-state index in [1.54, 1.807) is 19.9 Å². The minimum atomic E-state index is -0.879. The number of aliphatic hydroxyl groups excluding tert-OH is 2. The van der Waals surface area contributed by atoms with Gasteiger partial charge in [0.05, 0.1) is 23.8 Å². The van der Waals surface area contributed by atoms with Crippen LogP contribution in [0.2, 0.25) is 0 Å². The molecular formula is C14H20FNO3. The molecule has 1 rings (SSSR count). The highest BCUT2D eigenvalue weighted by Gasteiger charge is 2.32. The van der Waals surface area contributed by atoms with Crippen molar-refractivity contribution in [3.63, 3.8) is 0 Å². The largest absolute Gasteiger partial charge is 0.394 e. The van der Waals surface area contributed by atoms with E-state index in [-0.39, 0.29) is 18.7 Å². The van der Waals surface area contributed by atoms with Crippen LogP contribution in [0.3, 0.4) is 0 Å². The first-order chi connectivity index (χ1) is 8.79. The van der Waals surface area contributed by atoms with Crippen LogP contribution in [-0.2, 0) is 0 Å². The standard InChI is InChI=1S/C14H20FNO3/c1-10(18)8-16(14(2,3)9-17)13(19)11-6-4-5-7-12(11)15/h4-7,10,17-18H,8-9H2,1-3H3. The Balaban J connectivity index is 3.12. The average molecular weight is 269 g/mol. The molecule has 0 radical (unpaired) electrons. The molecule has 0 aliphatic carbocycles. The third-order valence-corrected chi connectivity index (χ3v) is 2.91. The summed E-state index contributed by atoms with van der Waals surface area (Å²) < 4.78 is 13.7. The number of carbonyl (C=O) groups excluding carboxylic acids is 1. The van der Waals surface area contributed by atoms with Gasteiger partial charge in [-0.1, -0.05) is 12.1 Å². The molecule has 0 aliphatic heterocycles. The molecule has 4 nitrogen and oxygen atoms in total. The van der Waals surface area contributed by atoms with Gasteiger partial charge in [-0.3, -0.25) is 4.79 Å². The lowest BCUT2D eigenvalue weighted by molar-refractivity contribution is 0.0190. The number of carbonyl (C=O) groups is 1. The summed E-state index contributed by atoms with van der Waals surface area (Å²) in [5, 5.41) is 18.9. The van der Waals surface area contributed by atoms with Gasteiger partial charge < -0.3 is 15.1 Å². The molecule has 0 bridgehead atoms. The Labute approximate surface area is 112 Å². The van der Waals surface area contributed by atoms with Crippen LogP contribution in [0.25, 0.3) is 0 Å². The summed E-state index contributed by atoms with van der Waals surface area (Å²) in [7, 11) is 0. The van der Waals surface area contributed by atoms with Crippen molar-refractivity contribution in [1.82, 2.24) is 4.90 Å². The summed E-state index contributed by atoms with van der Waals surface area (Å²) in [6, 6.07) is 5.67. The Morgan fingerprint density at radius 3 is 2.47 bits per heavy atom. The third kappa shape index (κ3) is 3.75. The SMILES string of the molecule is CC(O)CN(C(=O)c1ccccc1F)C(C)(C)CO. The Bertz CT molecular complexity index is 446. The Morgan fingerprint density at radius 1 is 1.42 bits per heavy atom. The first kappa shape index (κ1) is 15.6. The molecule has 0 saturated carbocycles. The molecule has 0 heterocycles. The zero-order chi connectivity index (χ0) is 14.6. The van der Waals surface area contributed by atoms with Gasteiger partial charge in [-0.15, -0.1) is 0 Å². The van der Waals surface area contributed by atoms with Crippen LogP contribution in [-0.4, -0.2) is 45.8 Å². The second-order valence-electron chi connectivity index (χ2n) is 5.22. The summed E-state index contributed by atoms with van der Waals surface area (Å²) in [6.07, 6.45) is -0.762. The summed E-state index contributed by atoms with van der Waals surface area (Å²) >= 11 is 0. The minimum Gasteiger partial charge on any atom is -0.394 e. The number of benzene rings is 1. The maximum atomic E-state index is 13.7. The van der Waals surface area contributed by atoms with Crippen molar-refractivity contribution in [2.24, 2.45) is 0 Å². The number of hydrogen-bond acceptors (Lipinski definition) is 3. The Morgan fingerprint density at radius 2 is 2.00 bits per heavy atom. The number of nitrogens with zero attached hydrogens (tertiary/aromatic N) is 1. The topological polar surface area (TPSA) is 60.8 Å². The van der Waals surface area contributed by atoms with Crippen LogP contribution < -0.4 is 0 Å². The minimum absolute atomic E-state index is 0.0285.